The van der Waals surface area contributed by atoms with Crippen LogP contribution in [0.25, 0.3) is 0 Å². The first-order valence-electron chi connectivity index (χ1n) is 6.31. The third-order valence-electron chi connectivity index (χ3n) is 2.66. The predicted octanol–water partition coefficient (Wildman–Crippen LogP) is 1.74. The minimum Gasteiger partial charge on any atom is -0.480 e. The van der Waals surface area contributed by atoms with Crippen LogP contribution in [0.5, 0.6) is 5.75 Å². The van der Waals surface area contributed by atoms with E-state index in [4.69, 9.17) is 15.6 Å². The van der Waals surface area contributed by atoms with Crippen LogP contribution in [0.2, 0.25) is 0 Å². The number of carbonyl (C=O) groups is 2. The highest BCUT2D eigenvalue weighted by Crippen LogP contribution is 2.14. The molecule has 1 aromatic carbocycles. The van der Waals surface area contributed by atoms with Gasteiger partial charge >= 0.3 is 11.9 Å². The highest BCUT2D eigenvalue weighted by atomic mass is 16.5. The molecule has 0 saturated heterocycles. The maximum absolute atomic E-state index is 11.4. The number of aliphatic carboxylic acids is 1. The largest absolute Gasteiger partial charge is 0.480 e. The summed E-state index contributed by atoms with van der Waals surface area (Å²) in [5.74, 6) is -0.819. The topological polar surface area (TPSA) is 89.6 Å². The summed E-state index contributed by atoms with van der Waals surface area (Å²) in [4.78, 5) is 22.0. The molecule has 0 heterocycles. The number of carboxylic acids is 1. The van der Waals surface area contributed by atoms with Crippen molar-refractivity contribution in [3.05, 3.63) is 29.8 Å². The zero-order valence-electron chi connectivity index (χ0n) is 11.0. The lowest BCUT2D eigenvalue weighted by atomic mass is 10.1. The molecule has 19 heavy (non-hydrogen) atoms. The van der Waals surface area contributed by atoms with Crippen molar-refractivity contribution >= 4 is 11.9 Å². The molecule has 3 N–H and O–H groups in total. The standard InChI is InChI=1S/C14H19NO4/c1-2-3-4-13(16)19-11-7-5-10(6-8-11)9-12(15)14(17)18/h5-8,12H,2-4,9,15H2,1H3,(H,17,18). The average molecular weight is 265 g/mol. The van der Waals surface area contributed by atoms with E-state index in [-0.39, 0.29) is 12.4 Å². The molecule has 0 amide bonds. The number of carbonyl (C=O) groups excluding carboxylic acids is 1. The number of benzene rings is 1. The van der Waals surface area contributed by atoms with Gasteiger partial charge in [-0.3, -0.25) is 9.59 Å². The normalized spacial score (nSPS) is 11.9. The number of rotatable bonds is 7. The Morgan fingerprint density at radius 3 is 2.47 bits per heavy atom. The molecule has 0 fully saturated rings. The van der Waals surface area contributed by atoms with Gasteiger partial charge in [0, 0.05) is 6.42 Å². The Morgan fingerprint density at radius 1 is 1.32 bits per heavy atom. The highest BCUT2D eigenvalue weighted by Gasteiger charge is 2.12. The van der Waals surface area contributed by atoms with Gasteiger partial charge in [0.05, 0.1) is 0 Å². The van der Waals surface area contributed by atoms with Gasteiger partial charge in [0.1, 0.15) is 11.8 Å². The summed E-state index contributed by atoms with van der Waals surface area (Å²) in [7, 11) is 0. The van der Waals surface area contributed by atoms with Crippen LogP contribution in [0.15, 0.2) is 24.3 Å². The molecule has 104 valence electrons. The molecular weight excluding hydrogens is 246 g/mol. The fourth-order valence-corrected chi connectivity index (χ4v) is 1.54. The highest BCUT2D eigenvalue weighted by molar-refractivity contribution is 5.73. The summed E-state index contributed by atoms with van der Waals surface area (Å²) in [5.41, 5.74) is 6.23. The van der Waals surface area contributed by atoms with Crippen molar-refractivity contribution in [2.24, 2.45) is 5.73 Å². The van der Waals surface area contributed by atoms with Crippen molar-refractivity contribution in [3.8, 4) is 5.75 Å². The second-order valence-corrected chi connectivity index (χ2v) is 4.37. The summed E-state index contributed by atoms with van der Waals surface area (Å²) in [6, 6.07) is 5.80. The Hall–Kier alpha value is -1.88. The molecule has 0 aromatic heterocycles. The number of ether oxygens (including phenoxy) is 1. The van der Waals surface area contributed by atoms with Gasteiger partial charge in [-0.25, -0.2) is 0 Å². The summed E-state index contributed by atoms with van der Waals surface area (Å²) < 4.78 is 5.14. The van der Waals surface area contributed by atoms with Gasteiger partial charge in [-0.1, -0.05) is 25.5 Å². The smallest absolute Gasteiger partial charge is 0.320 e. The van der Waals surface area contributed by atoms with Gasteiger partial charge in [0.25, 0.3) is 0 Å². The van der Waals surface area contributed by atoms with Crippen molar-refractivity contribution in [1.82, 2.24) is 0 Å². The van der Waals surface area contributed by atoms with Gasteiger partial charge < -0.3 is 15.6 Å². The molecule has 0 saturated carbocycles. The Kier molecular flexibility index (Phi) is 6.02. The van der Waals surface area contributed by atoms with Crippen molar-refractivity contribution in [2.45, 2.75) is 38.6 Å². The molecule has 1 atom stereocenters. The number of carboxylic acid groups (broad SMARTS) is 1. The summed E-state index contributed by atoms with van der Waals surface area (Å²) >= 11 is 0. The first-order chi connectivity index (χ1) is 9.02. The van der Waals surface area contributed by atoms with Crippen LogP contribution in [-0.4, -0.2) is 23.1 Å². The number of hydrogen-bond donors (Lipinski definition) is 2. The van der Waals surface area contributed by atoms with Crippen LogP contribution < -0.4 is 10.5 Å². The van der Waals surface area contributed by atoms with Crippen molar-refractivity contribution in [2.75, 3.05) is 0 Å². The van der Waals surface area contributed by atoms with Gasteiger partial charge in [0.15, 0.2) is 0 Å². The molecule has 1 rings (SSSR count). The zero-order chi connectivity index (χ0) is 14.3. The van der Waals surface area contributed by atoms with E-state index >= 15 is 0 Å². The quantitative estimate of drug-likeness (QED) is 0.579. The minimum atomic E-state index is -1.03. The Labute approximate surface area is 112 Å². The molecule has 0 bridgehead atoms. The monoisotopic (exact) mass is 265 g/mol. The number of nitrogens with two attached hydrogens (primary N) is 1. The molecular formula is C14H19NO4. The lowest BCUT2D eigenvalue weighted by Crippen LogP contribution is -2.32. The molecule has 0 aliphatic carbocycles. The van der Waals surface area contributed by atoms with E-state index in [0.29, 0.717) is 12.2 Å². The number of esters is 1. The zero-order valence-corrected chi connectivity index (χ0v) is 11.0. The third-order valence-corrected chi connectivity index (χ3v) is 2.66. The van der Waals surface area contributed by atoms with Crippen LogP contribution >= 0.6 is 0 Å². The van der Waals surface area contributed by atoms with E-state index in [0.717, 1.165) is 18.4 Å². The van der Waals surface area contributed by atoms with E-state index in [2.05, 4.69) is 0 Å². The summed E-state index contributed by atoms with van der Waals surface area (Å²) in [6.45, 7) is 2.01. The van der Waals surface area contributed by atoms with Crippen LogP contribution in [0.3, 0.4) is 0 Å². The van der Waals surface area contributed by atoms with E-state index in [9.17, 15) is 9.59 Å². The van der Waals surface area contributed by atoms with E-state index < -0.39 is 12.0 Å². The molecule has 5 heteroatoms. The molecule has 0 radical (unpaired) electrons. The van der Waals surface area contributed by atoms with Gasteiger partial charge in [-0.15, -0.1) is 0 Å². The van der Waals surface area contributed by atoms with Crippen molar-refractivity contribution in [1.29, 1.82) is 0 Å². The SMILES string of the molecule is CCCCC(=O)Oc1ccc(CC(N)C(=O)O)cc1. The number of hydrogen-bond acceptors (Lipinski definition) is 4. The molecule has 0 spiro atoms. The Bertz CT molecular complexity index is 428. The Balaban J connectivity index is 2.52. The Morgan fingerprint density at radius 2 is 1.95 bits per heavy atom. The van der Waals surface area contributed by atoms with Crippen LogP contribution in [0, 0.1) is 0 Å². The molecule has 5 nitrogen and oxygen atoms in total. The fourth-order valence-electron chi connectivity index (χ4n) is 1.54. The lowest BCUT2D eigenvalue weighted by molar-refractivity contribution is -0.138. The van der Waals surface area contributed by atoms with E-state index in [1.165, 1.54) is 0 Å². The molecule has 0 aliphatic heterocycles. The van der Waals surface area contributed by atoms with Gasteiger partial charge in [0.2, 0.25) is 0 Å². The molecule has 0 aliphatic rings. The predicted molar refractivity (Wildman–Crippen MR) is 70.9 cm³/mol. The second-order valence-electron chi connectivity index (χ2n) is 4.37. The van der Waals surface area contributed by atoms with Gasteiger partial charge in [-0.2, -0.15) is 0 Å². The first-order valence-corrected chi connectivity index (χ1v) is 6.31. The summed E-state index contributed by atoms with van der Waals surface area (Å²) in [5, 5.41) is 8.70. The lowest BCUT2D eigenvalue weighted by Gasteiger charge is -2.08. The maximum atomic E-state index is 11.4. The first kappa shape index (κ1) is 15.2. The minimum absolute atomic E-state index is 0.249. The molecule has 1 unspecified atom stereocenters. The van der Waals surface area contributed by atoms with Crippen LogP contribution in [-0.2, 0) is 16.0 Å². The fraction of sp³-hybridized carbons (Fsp3) is 0.429. The van der Waals surface area contributed by atoms with Crippen molar-refractivity contribution in [3.63, 3.8) is 0 Å². The van der Waals surface area contributed by atoms with Crippen LogP contribution in [0.1, 0.15) is 31.7 Å². The second kappa shape index (κ2) is 7.53. The van der Waals surface area contributed by atoms with E-state index in [1.54, 1.807) is 24.3 Å². The maximum Gasteiger partial charge on any atom is 0.320 e. The van der Waals surface area contributed by atoms with Crippen molar-refractivity contribution < 1.29 is 19.4 Å². The van der Waals surface area contributed by atoms with Gasteiger partial charge in [-0.05, 0) is 30.5 Å². The van der Waals surface area contributed by atoms with E-state index in [1.807, 2.05) is 6.92 Å². The average Bonchev–Trinajstić information content (AvgIpc) is 2.38. The molecule has 1 aromatic rings. The number of unbranched alkanes of at least 4 members (excludes halogenated alkanes) is 1. The summed E-state index contributed by atoms with van der Waals surface area (Å²) in [6.07, 6.45) is 2.41. The van der Waals surface area contributed by atoms with Crippen LogP contribution in [0.4, 0.5) is 0 Å². The third kappa shape index (κ3) is 5.52.